The summed E-state index contributed by atoms with van der Waals surface area (Å²) in [6.45, 7) is 3.35. The lowest BCUT2D eigenvalue weighted by Gasteiger charge is -2.09. The van der Waals surface area contributed by atoms with Gasteiger partial charge in [-0.3, -0.25) is 14.9 Å². The highest BCUT2D eigenvalue weighted by atomic mass is 79.9. The minimum atomic E-state index is -0.747. The molecule has 1 atom stereocenters. The molecule has 0 N–H and O–H groups in total. The smallest absolute Gasteiger partial charge is 0.339 e. The van der Waals surface area contributed by atoms with Crippen LogP contribution in [0.5, 0.6) is 0 Å². The van der Waals surface area contributed by atoms with E-state index in [1.807, 2.05) is 0 Å². The SMILES string of the molecule is CCOC(=O)c1cc([N+](=O)[O-])ccc1C(=O)C(C)Br. The number of nitro benzene ring substituents is 1. The van der Waals surface area contributed by atoms with Gasteiger partial charge in [0.15, 0.2) is 5.78 Å². The van der Waals surface area contributed by atoms with Crippen LogP contribution in [0.4, 0.5) is 5.69 Å². The van der Waals surface area contributed by atoms with E-state index in [-0.39, 0.29) is 29.2 Å². The van der Waals surface area contributed by atoms with Gasteiger partial charge in [0.1, 0.15) is 0 Å². The quantitative estimate of drug-likeness (QED) is 0.272. The summed E-state index contributed by atoms with van der Waals surface area (Å²) in [5, 5.41) is 10.7. The molecule has 0 bridgehead atoms. The molecule has 1 aromatic carbocycles. The number of esters is 1. The maximum atomic E-state index is 11.9. The number of benzene rings is 1. The Bertz CT molecular complexity index is 527. The third-order valence-corrected chi connectivity index (χ3v) is 2.75. The Hall–Kier alpha value is -1.76. The van der Waals surface area contributed by atoms with Gasteiger partial charge in [0.05, 0.1) is 21.9 Å². The number of nitro groups is 1. The number of hydrogen-bond acceptors (Lipinski definition) is 5. The highest BCUT2D eigenvalue weighted by molar-refractivity contribution is 9.10. The molecule has 6 nitrogen and oxygen atoms in total. The van der Waals surface area contributed by atoms with Gasteiger partial charge in [-0.1, -0.05) is 15.9 Å². The second kappa shape index (κ2) is 6.42. The largest absolute Gasteiger partial charge is 0.462 e. The van der Waals surface area contributed by atoms with Gasteiger partial charge in [0.2, 0.25) is 0 Å². The molecule has 0 fully saturated rings. The topological polar surface area (TPSA) is 86.5 Å². The zero-order chi connectivity index (χ0) is 14.6. The molecule has 1 aromatic rings. The molecule has 1 rings (SSSR count). The molecule has 0 radical (unpaired) electrons. The van der Waals surface area contributed by atoms with E-state index in [1.54, 1.807) is 13.8 Å². The van der Waals surface area contributed by atoms with Crippen molar-refractivity contribution in [3.8, 4) is 0 Å². The first kappa shape index (κ1) is 15.3. The molecule has 0 saturated carbocycles. The molecule has 0 saturated heterocycles. The summed E-state index contributed by atoms with van der Waals surface area (Å²) >= 11 is 3.11. The maximum absolute atomic E-state index is 11.9. The minimum Gasteiger partial charge on any atom is -0.462 e. The van der Waals surface area contributed by atoms with E-state index in [0.29, 0.717) is 0 Å². The Morgan fingerprint density at radius 2 is 2.05 bits per heavy atom. The van der Waals surface area contributed by atoms with E-state index in [2.05, 4.69) is 15.9 Å². The standard InChI is InChI=1S/C12H12BrNO5/c1-3-19-12(16)10-6-8(14(17)18)4-5-9(10)11(15)7(2)13/h4-7H,3H2,1-2H3. The van der Waals surface area contributed by atoms with Crippen molar-refractivity contribution >= 4 is 33.4 Å². The van der Waals surface area contributed by atoms with Crippen LogP contribution in [0, 0.1) is 10.1 Å². The van der Waals surface area contributed by atoms with Gasteiger partial charge < -0.3 is 4.74 Å². The predicted octanol–water partition coefficient (Wildman–Crippen LogP) is 2.74. The number of ketones is 1. The fourth-order valence-corrected chi connectivity index (χ4v) is 1.70. The Morgan fingerprint density at radius 3 is 2.53 bits per heavy atom. The highest BCUT2D eigenvalue weighted by Gasteiger charge is 2.23. The number of alkyl halides is 1. The monoisotopic (exact) mass is 329 g/mol. The molecule has 1 unspecified atom stereocenters. The zero-order valence-corrected chi connectivity index (χ0v) is 12.0. The van der Waals surface area contributed by atoms with Crippen LogP contribution >= 0.6 is 15.9 Å². The number of rotatable bonds is 5. The van der Waals surface area contributed by atoms with Gasteiger partial charge in [-0.05, 0) is 19.9 Å². The van der Waals surface area contributed by atoms with E-state index in [4.69, 9.17) is 4.74 Å². The lowest BCUT2D eigenvalue weighted by molar-refractivity contribution is -0.384. The van der Waals surface area contributed by atoms with Gasteiger partial charge in [0.25, 0.3) is 5.69 Å². The Kier molecular flexibility index (Phi) is 5.17. The lowest BCUT2D eigenvalue weighted by Crippen LogP contribution is -2.17. The summed E-state index contributed by atoms with van der Waals surface area (Å²) in [6, 6.07) is 3.51. The van der Waals surface area contributed by atoms with Crippen molar-refractivity contribution in [1.82, 2.24) is 0 Å². The first-order valence-corrected chi connectivity index (χ1v) is 6.43. The summed E-state index contributed by atoms with van der Waals surface area (Å²) in [5.41, 5.74) is -0.248. The fourth-order valence-electron chi connectivity index (χ4n) is 1.45. The number of halogens is 1. The third-order valence-electron chi connectivity index (χ3n) is 2.34. The van der Waals surface area contributed by atoms with Crippen LogP contribution in [0.1, 0.15) is 34.6 Å². The van der Waals surface area contributed by atoms with E-state index < -0.39 is 15.7 Å². The van der Waals surface area contributed by atoms with Crippen LogP contribution in [0.25, 0.3) is 0 Å². The number of non-ortho nitro benzene ring substituents is 1. The fraction of sp³-hybridized carbons (Fsp3) is 0.333. The molecule has 0 aliphatic heterocycles. The average Bonchev–Trinajstić information content (AvgIpc) is 2.37. The van der Waals surface area contributed by atoms with Crippen molar-refractivity contribution in [3.05, 3.63) is 39.4 Å². The van der Waals surface area contributed by atoms with Crippen LogP contribution in [0.15, 0.2) is 18.2 Å². The summed E-state index contributed by atoms with van der Waals surface area (Å²) in [4.78, 5) is 33.3. The van der Waals surface area contributed by atoms with E-state index in [1.165, 1.54) is 12.1 Å². The van der Waals surface area contributed by atoms with E-state index >= 15 is 0 Å². The predicted molar refractivity (Wildman–Crippen MR) is 71.8 cm³/mol. The summed E-state index contributed by atoms with van der Waals surface area (Å²) in [5.74, 6) is -1.08. The van der Waals surface area contributed by atoms with Crippen molar-refractivity contribution in [2.75, 3.05) is 6.61 Å². The van der Waals surface area contributed by atoms with Gasteiger partial charge in [-0.25, -0.2) is 4.79 Å². The molecule has 102 valence electrons. The van der Waals surface area contributed by atoms with Gasteiger partial charge >= 0.3 is 5.97 Å². The molecular formula is C12H12BrNO5. The van der Waals surface area contributed by atoms with Crippen LogP contribution in [-0.2, 0) is 4.74 Å². The normalized spacial score (nSPS) is 11.7. The number of ether oxygens (including phenoxy) is 1. The third kappa shape index (κ3) is 3.60. The molecule has 19 heavy (non-hydrogen) atoms. The number of nitrogens with zero attached hydrogens (tertiary/aromatic N) is 1. The van der Waals surface area contributed by atoms with Gasteiger partial charge in [-0.15, -0.1) is 0 Å². The zero-order valence-electron chi connectivity index (χ0n) is 10.4. The summed E-state index contributed by atoms with van der Waals surface area (Å²) in [6.07, 6.45) is 0. The summed E-state index contributed by atoms with van der Waals surface area (Å²) < 4.78 is 4.80. The number of Topliss-reactive ketones (excluding diaryl/α,β-unsaturated/α-hetero) is 1. The molecule has 0 spiro atoms. The molecule has 0 aliphatic carbocycles. The second-order valence-electron chi connectivity index (χ2n) is 3.69. The van der Waals surface area contributed by atoms with Crippen molar-refractivity contribution in [2.24, 2.45) is 0 Å². The molecular weight excluding hydrogens is 318 g/mol. The Labute approximate surface area is 118 Å². The molecule has 7 heteroatoms. The van der Waals surface area contributed by atoms with E-state index in [9.17, 15) is 19.7 Å². The molecule has 0 amide bonds. The van der Waals surface area contributed by atoms with Crippen LogP contribution in [-0.4, -0.2) is 28.1 Å². The van der Waals surface area contributed by atoms with Gasteiger partial charge in [-0.2, -0.15) is 0 Å². The lowest BCUT2D eigenvalue weighted by atomic mass is 10.0. The van der Waals surface area contributed by atoms with Crippen molar-refractivity contribution < 1.29 is 19.2 Å². The van der Waals surface area contributed by atoms with Gasteiger partial charge in [0, 0.05) is 17.7 Å². The maximum Gasteiger partial charge on any atom is 0.339 e. The second-order valence-corrected chi connectivity index (χ2v) is 5.06. The Balaban J connectivity index is 3.34. The molecule has 0 heterocycles. The first-order chi connectivity index (χ1) is 8.88. The van der Waals surface area contributed by atoms with Crippen molar-refractivity contribution in [2.45, 2.75) is 18.7 Å². The van der Waals surface area contributed by atoms with Crippen molar-refractivity contribution in [1.29, 1.82) is 0 Å². The Morgan fingerprint density at radius 1 is 1.42 bits per heavy atom. The average molecular weight is 330 g/mol. The number of carbonyl (C=O) groups excluding carboxylic acids is 2. The molecule has 0 aromatic heterocycles. The highest BCUT2D eigenvalue weighted by Crippen LogP contribution is 2.21. The number of hydrogen-bond donors (Lipinski definition) is 0. The minimum absolute atomic E-state index is 0.0904. The van der Waals surface area contributed by atoms with Crippen LogP contribution in [0.3, 0.4) is 0 Å². The number of carbonyl (C=O) groups is 2. The van der Waals surface area contributed by atoms with Crippen molar-refractivity contribution in [3.63, 3.8) is 0 Å². The van der Waals surface area contributed by atoms with Crippen LogP contribution < -0.4 is 0 Å². The van der Waals surface area contributed by atoms with Crippen LogP contribution in [0.2, 0.25) is 0 Å². The van der Waals surface area contributed by atoms with E-state index in [0.717, 1.165) is 6.07 Å². The summed E-state index contributed by atoms with van der Waals surface area (Å²) in [7, 11) is 0. The first-order valence-electron chi connectivity index (χ1n) is 5.52. The molecule has 0 aliphatic rings.